The Bertz CT molecular complexity index is 242. The van der Waals surface area contributed by atoms with Crippen LogP contribution in [-0.2, 0) is 6.42 Å². The lowest BCUT2D eigenvalue weighted by molar-refractivity contribution is 0.355. The van der Waals surface area contributed by atoms with Crippen LogP contribution in [0.4, 0.5) is 0 Å². The molecule has 2 N–H and O–H groups in total. The average Bonchev–Trinajstić information content (AvgIpc) is 2.34. The van der Waals surface area contributed by atoms with Gasteiger partial charge in [-0.15, -0.1) is 0 Å². The smallest absolute Gasteiger partial charge is 0.243 e. The molecule has 68 valence electrons. The van der Waals surface area contributed by atoms with Crippen LogP contribution in [0.3, 0.4) is 0 Å². The normalized spacial score (nSPS) is 13.8. The molecule has 1 aromatic heterocycles. The lowest BCUT2D eigenvalue weighted by Crippen LogP contribution is -2.05. The number of hydrogen-bond acceptors (Lipinski definition) is 4. The zero-order valence-electron chi connectivity index (χ0n) is 7.74. The highest BCUT2D eigenvalue weighted by atomic mass is 16.5. The number of nitrogens with zero attached hydrogens (tertiary/aromatic N) is 2. The summed E-state index contributed by atoms with van der Waals surface area (Å²) in [5.74, 6) is 1.81. The lowest BCUT2D eigenvalue weighted by Gasteiger charge is -1.96. The molecule has 0 radical (unpaired) electrons. The molecule has 1 atom stereocenters. The Morgan fingerprint density at radius 1 is 1.42 bits per heavy atom. The van der Waals surface area contributed by atoms with Crippen molar-refractivity contribution in [1.29, 1.82) is 0 Å². The van der Waals surface area contributed by atoms with Gasteiger partial charge in [0.25, 0.3) is 0 Å². The van der Waals surface area contributed by atoms with Crippen LogP contribution in [0.15, 0.2) is 4.52 Å². The van der Waals surface area contributed by atoms with Crippen molar-refractivity contribution in [3.05, 3.63) is 11.7 Å². The van der Waals surface area contributed by atoms with E-state index in [1.165, 1.54) is 0 Å². The monoisotopic (exact) mass is 169 g/mol. The van der Waals surface area contributed by atoms with E-state index in [0.717, 1.165) is 12.2 Å². The predicted molar refractivity (Wildman–Crippen MR) is 45.4 cm³/mol. The molecule has 1 rings (SSSR count). The molecule has 0 aliphatic carbocycles. The van der Waals surface area contributed by atoms with Crippen molar-refractivity contribution in [1.82, 2.24) is 10.1 Å². The van der Waals surface area contributed by atoms with Gasteiger partial charge in [0.05, 0.1) is 6.04 Å². The molecule has 0 saturated carbocycles. The van der Waals surface area contributed by atoms with E-state index >= 15 is 0 Å². The van der Waals surface area contributed by atoms with Gasteiger partial charge in [0.1, 0.15) is 0 Å². The van der Waals surface area contributed by atoms with Crippen LogP contribution < -0.4 is 5.73 Å². The summed E-state index contributed by atoms with van der Waals surface area (Å²) >= 11 is 0. The minimum absolute atomic E-state index is 0.168. The summed E-state index contributed by atoms with van der Waals surface area (Å²) in [5, 5.41) is 3.81. The van der Waals surface area contributed by atoms with E-state index in [0.29, 0.717) is 11.8 Å². The second-order valence-corrected chi connectivity index (χ2v) is 3.44. The summed E-state index contributed by atoms with van der Waals surface area (Å²) in [5.41, 5.74) is 5.56. The fourth-order valence-corrected chi connectivity index (χ4v) is 0.900. The molecule has 1 heterocycles. The van der Waals surface area contributed by atoms with Crippen molar-refractivity contribution in [2.75, 3.05) is 0 Å². The summed E-state index contributed by atoms with van der Waals surface area (Å²) in [4.78, 5) is 4.15. The van der Waals surface area contributed by atoms with Crippen LogP contribution >= 0.6 is 0 Å². The first-order valence-corrected chi connectivity index (χ1v) is 4.17. The topological polar surface area (TPSA) is 64.9 Å². The van der Waals surface area contributed by atoms with Crippen molar-refractivity contribution in [3.8, 4) is 0 Å². The summed E-state index contributed by atoms with van der Waals surface area (Å²) in [7, 11) is 0. The van der Waals surface area contributed by atoms with Crippen molar-refractivity contribution in [2.45, 2.75) is 33.2 Å². The van der Waals surface area contributed by atoms with Crippen molar-refractivity contribution >= 4 is 0 Å². The molecule has 1 aromatic rings. The highest BCUT2D eigenvalue weighted by Gasteiger charge is 2.10. The maximum absolute atomic E-state index is 5.56. The third-order valence-electron chi connectivity index (χ3n) is 1.46. The van der Waals surface area contributed by atoms with E-state index in [9.17, 15) is 0 Å². The fourth-order valence-electron chi connectivity index (χ4n) is 0.900. The van der Waals surface area contributed by atoms with Crippen molar-refractivity contribution < 1.29 is 4.52 Å². The van der Waals surface area contributed by atoms with Crippen LogP contribution in [0.25, 0.3) is 0 Å². The van der Waals surface area contributed by atoms with Gasteiger partial charge < -0.3 is 10.3 Å². The Morgan fingerprint density at radius 2 is 2.08 bits per heavy atom. The van der Waals surface area contributed by atoms with Gasteiger partial charge in [-0.1, -0.05) is 19.0 Å². The standard InChI is InChI=1S/C8H15N3O/c1-5(2)4-7-10-8(6(3)9)12-11-7/h5-6H,4,9H2,1-3H3/t6-/m0/s1. The Kier molecular flexibility index (Phi) is 2.81. The van der Waals surface area contributed by atoms with E-state index in [-0.39, 0.29) is 6.04 Å². The van der Waals surface area contributed by atoms with Crippen LogP contribution in [-0.4, -0.2) is 10.1 Å². The highest BCUT2D eigenvalue weighted by molar-refractivity contribution is 4.90. The molecular formula is C8H15N3O. The average molecular weight is 169 g/mol. The summed E-state index contributed by atoms with van der Waals surface area (Å²) < 4.78 is 4.94. The van der Waals surface area contributed by atoms with Gasteiger partial charge in [-0.2, -0.15) is 4.98 Å². The third kappa shape index (κ3) is 2.30. The van der Waals surface area contributed by atoms with E-state index in [1.54, 1.807) is 0 Å². The second kappa shape index (κ2) is 3.67. The van der Waals surface area contributed by atoms with Gasteiger partial charge in [0.2, 0.25) is 5.89 Å². The first-order valence-electron chi connectivity index (χ1n) is 4.17. The second-order valence-electron chi connectivity index (χ2n) is 3.44. The van der Waals surface area contributed by atoms with Crippen LogP contribution in [0.5, 0.6) is 0 Å². The summed E-state index contributed by atoms with van der Waals surface area (Å²) in [6, 6.07) is -0.168. The molecule has 0 amide bonds. The molecule has 0 saturated heterocycles. The van der Waals surface area contributed by atoms with Crippen molar-refractivity contribution in [2.24, 2.45) is 11.7 Å². The quantitative estimate of drug-likeness (QED) is 0.740. The SMILES string of the molecule is CC(C)Cc1noc([C@H](C)N)n1. The van der Waals surface area contributed by atoms with Crippen LogP contribution in [0.1, 0.15) is 38.5 Å². The molecule has 12 heavy (non-hydrogen) atoms. The molecule has 0 unspecified atom stereocenters. The number of aromatic nitrogens is 2. The van der Waals surface area contributed by atoms with E-state index in [2.05, 4.69) is 24.0 Å². The molecular weight excluding hydrogens is 154 g/mol. The first-order chi connectivity index (χ1) is 5.59. The molecule has 0 aliphatic heterocycles. The van der Waals surface area contributed by atoms with Crippen LogP contribution in [0.2, 0.25) is 0 Å². The maximum atomic E-state index is 5.56. The Hall–Kier alpha value is -0.900. The van der Waals surface area contributed by atoms with E-state index < -0.39 is 0 Å². The summed E-state index contributed by atoms with van der Waals surface area (Å²) in [6.07, 6.45) is 0.843. The van der Waals surface area contributed by atoms with Gasteiger partial charge in [0.15, 0.2) is 5.82 Å². The number of nitrogens with two attached hydrogens (primary N) is 1. The van der Waals surface area contributed by atoms with Gasteiger partial charge >= 0.3 is 0 Å². The molecule has 0 fully saturated rings. The molecule has 0 aromatic carbocycles. The number of rotatable bonds is 3. The minimum Gasteiger partial charge on any atom is -0.338 e. The molecule has 0 bridgehead atoms. The first kappa shape index (κ1) is 9.19. The Balaban J connectivity index is 2.64. The van der Waals surface area contributed by atoms with Gasteiger partial charge in [-0.25, -0.2) is 0 Å². The highest BCUT2D eigenvalue weighted by Crippen LogP contribution is 2.08. The number of hydrogen-bond donors (Lipinski definition) is 1. The van der Waals surface area contributed by atoms with Gasteiger partial charge in [-0.05, 0) is 12.8 Å². The molecule has 0 spiro atoms. The largest absolute Gasteiger partial charge is 0.338 e. The zero-order valence-corrected chi connectivity index (χ0v) is 7.74. The van der Waals surface area contributed by atoms with E-state index in [4.69, 9.17) is 10.3 Å². The van der Waals surface area contributed by atoms with Gasteiger partial charge in [0, 0.05) is 6.42 Å². The van der Waals surface area contributed by atoms with Crippen LogP contribution in [0, 0.1) is 5.92 Å². The summed E-state index contributed by atoms with van der Waals surface area (Å²) in [6.45, 7) is 6.05. The Labute approximate surface area is 72.1 Å². The molecule has 4 nitrogen and oxygen atoms in total. The fraction of sp³-hybridized carbons (Fsp3) is 0.750. The minimum atomic E-state index is -0.168. The van der Waals surface area contributed by atoms with Crippen molar-refractivity contribution in [3.63, 3.8) is 0 Å². The Morgan fingerprint density at radius 3 is 2.50 bits per heavy atom. The molecule has 4 heteroatoms. The zero-order chi connectivity index (χ0) is 9.14. The lowest BCUT2D eigenvalue weighted by atomic mass is 10.1. The van der Waals surface area contributed by atoms with E-state index in [1.807, 2.05) is 6.92 Å². The maximum Gasteiger partial charge on any atom is 0.243 e. The predicted octanol–water partition coefficient (Wildman–Crippen LogP) is 1.29. The molecule has 0 aliphatic rings. The third-order valence-corrected chi connectivity index (χ3v) is 1.46. The van der Waals surface area contributed by atoms with Gasteiger partial charge in [-0.3, -0.25) is 0 Å².